The van der Waals surface area contributed by atoms with Gasteiger partial charge in [0.05, 0.1) is 41.9 Å². The molecule has 15 heteroatoms. The van der Waals surface area contributed by atoms with E-state index in [-0.39, 0.29) is 22.7 Å². The van der Waals surface area contributed by atoms with Crippen LogP contribution in [-0.2, 0) is 22.6 Å². The number of imidazole rings is 1. The molecule has 2 N–H and O–H groups in total. The highest BCUT2D eigenvalue weighted by molar-refractivity contribution is 5.92. The van der Waals surface area contributed by atoms with Gasteiger partial charge in [0.1, 0.15) is 11.6 Å². The minimum Gasteiger partial charge on any atom is -0.478 e. The highest BCUT2D eigenvalue weighted by Crippen LogP contribution is 2.47. The Labute approximate surface area is 271 Å². The summed E-state index contributed by atoms with van der Waals surface area (Å²) in [7, 11) is 1.64. The molecular formula is C33H30F4N4O7. The van der Waals surface area contributed by atoms with Crippen molar-refractivity contribution in [2.75, 3.05) is 26.8 Å². The van der Waals surface area contributed by atoms with Crippen LogP contribution in [0.15, 0.2) is 54.6 Å². The normalized spacial score (nSPS) is 16.3. The number of halogens is 4. The van der Waals surface area contributed by atoms with E-state index < -0.39 is 30.2 Å². The summed E-state index contributed by atoms with van der Waals surface area (Å²) in [6.45, 7) is 10.5. The molecule has 1 atom stereocenters. The zero-order chi connectivity index (χ0) is 34.6. The fourth-order valence-corrected chi connectivity index (χ4v) is 5.68. The van der Waals surface area contributed by atoms with Crippen LogP contribution < -0.4 is 9.47 Å². The molecule has 1 unspecified atom stereocenters. The smallest absolute Gasteiger partial charge is 0.478 e. The Morgan fingerprint density at radius 1 is 1.06 bits per heavy atom. The van der Waals surface area contributed by atoms with E-state index in [0.29, 0.717) is 31.2 Å². The molecule has 3 heterocycles. The predicted octanol–water partition coefficient (Wildman–Crippen LogP) is 6.55. The van der Waals surface area contributed by atoms with Crippen molar-refractivity contribution in [2.45, 2.75) is 44.3 Å². The number of carboxylic acids is 2. The molecule has 0 amide bonds. The summed E-state index contributed by atoms with van der Waals surface area (Å²) >= 11 is 0. The summed E-state index contributed by atoms with van der Waals surface area (Å²) in [6, 6.07) is 15.1. The van der Waals surface area contributed by atoms with Crippen LogP contribution in [0.1, 0.15) is 52.4 Å². The fourth-order valence-electron chi connectivity index (χ4n) is 5.68. The first-order valence-corrected chi connectivity index (χ1v) is 14.8. The number of aliphatic carboxylic acids is 1. The first-order chi connectivity index (χ1) is 22.9. The van der Waals surface area contributed by atoms with Crippen LogP contribution in [0.25, 0.3) is 15.9 Å². The number of hydrogen-bond donors (Lipinski definition) is 2. The largest absolute Gasteiger partial charge is 0.490 e. The molecule has 3 aromatic carbocycles. The maximum Gasteiger partial charge on any atom is 0.490 e. The van der Waals surface area contributed by atoms with Crippen molar-refractivity contribution in [2.24, 2.45) is 0 Å². The summed E-state index contributed by atoms with van der Waals surface area (Å²) in [5.41, 5.74) is 3.34. The third kappa shape index (κ3) is 7.50. The number of nitrogens with zero attached hydrogens (tertiary/aromatic N) is 4. The van der Waals surface area contributed by atoms with Crippen molar-refractivity contribution < 1.29 is 51.6 Å². The van der Waals surface area contributed by atoms with Gasteiger partial charge in [-0.15, -0.1) is 0 Å². The van der Waals surface area contributed by atoms with Gasteiger partial charge in [0.15, 0.2) is 17.2 Å². The second kappa shape index (κ2) is 14.3. The molecule has 2 aliphatic heterocycles. The van der Waals surface area contributed by atoms with Crippen molar-refractivity contribution >= 4 is 28.7 Å². The van der Waals surface area contributed by atoms with E-state index in [2.05, 4.69) is 14.3 Å². The van der Waals surface area contributed by atoms with Crippen LogP contribution >= 0.6 is 0 Å². The van der Waals surface area contributed by atoms with Gasteiger partial charge in [0, 0.05) is 19.2 Å². The first-order valence-electron chi connectivity index (χ1n) is 14.8. The standard InChI is InChI=1S/C31H29FN4O5.C2HF3O2/c1-33-21-7-8-23(24(32)17-21)31-40-27-5-3-4-22(29(27)41-31)19-10-12-35(13-11-19)18-28-34-25-9-6-20(30(37)38)16-26(25)36(28)14-15-39-2;3-2(4,5)1(6)7/h3-9,16-17,19,31H,10-15,18H2,2H3,(H,37,38);(H,6,7). The highest BCUT2D eigenvalue weighted by atomic mass is 19.4. The number of hydrogen-bond acceptors (Lipinski definition) is 7. The molecular weight excluding hydrogens is 640 g/mol. The summed E-state index contributed by atoms with van der Waals surface area (Å²) < 4.78 is 65.9. The Bertz CT molecular complexity index is 1860. The molecule has 11 nitrogen and oxygen atoms in total. The minimum absolute atomic E-state index is 0.230. The molecule has 1 aromatic heterocycles. The van der Waals surface area contributed by atoms with Gasteiger partial charge in [-0.1, -0.05) is 24.3 Å². The summed E-state index contributed by atoms with van der Waals surface area (Å²) in [5.74, 6) is -1.87. The topological polar surface area (TPSA) is 128 Å². The molecule has 1 fully saturated rings. The average molecular weight is 671 g/mol. The van der Waals surface area contributed by atoms with Gasteiger partial charge in [-0.25, -0.2) is 23.8 Å². The minimum atomic E-state index is -5.08. The molecule has 6 rings (SSSR count). The number of carbonyl (C=O) groups is 2. The van der Waals surface area contributed by atoms with Gasteiger partial charge in [-0.05, 0) is 62.2 Å². The maximum absolute atomic E-state index is 14.7. The SMILES string of the molecule is O=C(O)C(F)(F)F.[C-]#[N+]c1ccc(C2Oc3cccc(C4CCN(Cc5nc6ccc(C(=O)O)cc6n5CCOC)CC4)c3O2)c(F)c1. The van der Waals surface area contributed by atoms with Crippen LogP contribution in [0, 0.1) is 12.4 Å². The number of carboxylic acid groups (broad SMARTS) is 2. The van der Waals surface area contributed by atoms with Crippen molar-refractivity contribution in [3.63, 3.8) is 0 Å². The van der Waals surface area contributed by atoms with Crippen LogP contribution in [0.4, 0.5) is 23.2 Å². The lowest BCUT2D eigenvalue weighted by atomic mass is 9.88. The number of benzene rings is 3. The number of para-hydroxylation sites is 1. The average Bonchev–Trinajstić information content (AvgIpc) is 3.64. The Hall–Kier alpha value is -5.20. The van der Waals surface area contributed by atoms with E-state index >= 15 is 0 Å². The molecule has 4 aromatic rings. The second-order valence-electron chi connectivity index (χ2n) is 11.1. The van der Waals surface area contributed by atoms with Crippen molar-refractivity contribution in [3.05, 3.63) is 94.3 Å². The molecule has 0 spiro atoms. The van der Waals surface area contributed by atoms with Gasteiger partial charge >= 0.3 is 18.1 Å². The van der Waals surface area contributed by atoms with Gasteiger partial charge in [0.2, 0.25) is 0 Å². The number of fused-ring (bicyclic) bond motifs is 2. The summed E-state index contributed by atoms with van der Waals surface area (Å²) in [5, 5.41) is 16.6. The van der Waals surface area contributed by atoms with E-state index in [1.54, 1.807) is 37.4 Å². The number of rotatable bonds is 8. The van der Waals surface area contributed by atoms with Gasteiger partial charge in [-0.2, -0.15) is 13.2 Å². The van der Waals surface area contributed by atoms with Gasteiger partial charge in [0.25, 0.3) is 6.29 Å². The Kier molecular flexibility index (Phi) is 10.2. The molecule has 0 aliphatic carbocycles. The number of methoxy groups -OCH3 is 1. The zero-order valence-corrected chi connectivity index (χ0v) is 25.5. The molecule has 2 aliphatic rings. The molecule has 0 saturated carbocycles. The second-order valence-corrected chi connectivity index (χ2v) is 11.1. The van der Waals surface area contributed by atoms with E-state index in [1.807, 2.05) is 18.2 Å². The molecule has 0 radical (unpaired) electrons. The fraction of sp³-hybridized carbons (Fsp3) is 0.333. The van der Waals surface area contributed by atoms with Gasteiger partial charge in [-0.3, -0.25) is 4.90 Å². The summed E-state index contributed by atoms with van der Waals surface area (Å²) in [6.07, 6.45) is -4.17. The monoisotopic (exact) mass is 670 g/mol. The molecule has 1 saturated heterocycles. The Morgan fingerprint density at radius 2 is 1.79 bits per heavy atom. The van der Waals surface area contributed by atoms with Crippen LogP contribution in [0.5, 0.6) is 11.5 Å². The quantitative estimate of drug-likeness (QED) is 0.158. The number of ether oxygens (including phenoxy) is 3. The lowest BCUT2D eigenvalue weighted by Crippen LogP contribution is -2.33. The van der Waals surface area contributed by atoms with E-state index in [9.17, 15) is 27.5 Å². The van der Waals surface area contributed by atoms with E-state index in [0.717, 1.165) is 48.4 Å². The molecule has 48 heavy (non-hydrogen) atoms. The molecule has 0 bridgehead atoms. The Balaban J connectivity index is 0.000000582. The van der Waals surface area contributed by atoms with Crippen molar-refractivity contribution in [3.8, 4) is 11.5 Å². The van der Waals surface area contributed by atoms with Crippen molar-refractivity contribution in [1.29, 1.82) is 0 Å². The Morgan fingerprint density at radius 3 is 2.42 bits per heavy atom. The zero-order valence-electron chi connectivity index (χ0n) is 25.5. The summed E-state index contributed by atoms with van der Waals surface area (Å²) in [4.78, 5) is 30.9. The highest BCUT2D eigenvalue weighted by Gasteiger charge is 2.38. The third-order valence-electron chi connectivity index (χ3n) is 8.06. The number of aromatic nitrogens is 2. The first kappa shape index (κ1) is 34.1. The number of piperidine rings is 1. The lowest BCUT2D eigenvalue weighted by Gasteiger charge is -2.32. The van der Waals surface area contributed by atoms with Crippen LogP contribution in [0.3, 0.4) is 0 Å². The number of likely N-dealkylation sites (tertiary alicyclic amines) is 1. The molecule has 252 valence electrons. The van der Waals surface area contributed by atoms with E-state index in [1.165, 1.54) is 6.07 Å². The third-order valence-corrected chi connectivity index (χ3v) is 8.06. The van der Waals surface area contributed by atoms with Crippen molar-refractivity contribution in [1.82, 2.24) is 14.5 Å². The van der Waals surface area contributed by atoms with E-state index in [4.69, 9.17) is 35.7 Å². The number of alkyl halides is 3. The lowest BCUT2D eigenvalue weighted by molar-refractivity contribution is -0.192. The van der Waals surface area contributed by atoms with Gasteiger partial charge < -0.3 is 29.0 Å². The van der Waals surface area contributed by atoms with Crippen LogP contribution in [-0.4, -0.2) is 69.6 Å². The number of aromatic carboxylic acids is 1. The predicted molar refractivity (Wildman–Crippen MR) is 163 cm³/mol. The van der Waals surface area contributed by atoms with Crippen LogP contribution in [0.2, 0.25) is 0 Å². The maximum atomic E-state index is 14.7.